The zero-order valence-corrected chi connectivity index (χ0v) is 12.6. The highest BCUT2D eigenvalue weighted by molar-refractivity contribution is 6.01. The molecule has 1 heterocycles. The Kier molecular flexibility index (Phi) is 3.72. The maximum absolute atomic E-state index is 11.9. The van der Waals surface area contributed by atoms with Crippen LogP contribution >= 0.6 is 0 Å². The molecular formula is C15H19N3O3. The van der Waals surface area contributed by atoms with Crippen LogP contribution in [0.3, 0.4) is 0 Å². The third-order valence-corrected chi connectivity index (χ3v) is 3.60. The molecule has 0 saturated carbocycles. The SMILES string of the molecule is CNC(=O)C(C)(C)Cn1c(C)nc2c(C(=O)O)cccc21. The van der Waals surface area contributed by atoms with Gasteiger partial charge in [-0.15, -0.1) is 0 Å². The van der Waals surface area contributed by atoms with Crippen LogP contribution in [0.4, 0.5) is 0 Å². The van der Waals surface area contributed by atoms with E-state index in [0.717, 1.165) is 5.52 Å². The predicted molar refractivity (Wildman–Crippen MR) is 79.3 cm³/mol. The van der Waals surface area contributed by atoms with Crippen LogP contribution in [0.1, 0.15) is 30.0 Å². The molecule has 0 atom stereocenters. The maximum Gasteiger partial charge on any atom is 0.337 e. The van der Waals surface area contributed by atoms with E-state index in [-0.39, 0.29) is 11.5 Å². The number of rotatable bonds is 4. The van der Waals surface area contributed by atoms with Gasteiger partial charge >= 0.3 is 5.97 Å². The minimum absolute atomic E-state index is 0.0712. The van der Waals surface area contributed by atoms with E-state index in [4.69, 9.17) is 0 Å². The van der Waals surface area contributed by atoms with E-state index >= 15 is 0 Å². The smallest absolute Gasteiger partial charge is 0.337 e. The summed E-state index contributed by atoms with van der Waals surface area (Å²) in [6.07, 6.45) is 0. The van der Waals surface area contributed by atoms with Crippen molar-refractivity contribution in [3.05, 3.63) is 29.6 Å². The highest BCUT2D eigenvalue weighted by Gasteiger charge is 2.29. The first-order chi connectivity index (χ1) is 9.77. The number of carboxylic acids is 1. The average Bonchev–Trinajstić information content (AvgIpc) is 2.73. The van der Waals surface area contributed by atoms with Crippen LogP contribution in [0, 0.1) is 12.3 Å². The van der Waals surface area contributed by atoms with Gasteiger partial charge in [-0.3, -0.25) is 4.79 Å². The predicted octanol–water partition coefficient (Wildman–Crippen LogP) is 1.82. The van der Waals surface area contributed by atoms with Crippen LogP contribution in [0.25, 0.3) is 11.0 Å². The number of aromatic carboxylic acids is 1. The summed E-state index contributed by atoms with van der Waals surface area (Å²) < 4.78 is 1.89. The van der Waals surface area contributed by atoms with Gasteiger partial charge in [0.05, 0.1) is 16.5 Å². The summed E-state index contributed by atoms with van der Waals surface area (Å²) in [4.78, 5) is 27.6. The summed E-state index contributed by atoms with van der Waals surface area (Å²) >= 11 is 0. The van der Waals surface area contributed by atoms with Crippen LogP contribution in [-0.4, -0.2) is 33.6 Å². The number of hydrogen-bond donors (Lipinski definition) is 2. The molecule has 1 aromatic heterocycles. The van der Waals surface area contributed by atoms with Gasteiger partial charge in [0, 0.05) is 13.6 Å². The lowest BCUT2D eigenvalue weighted by Gasteiger charge is -2.24. The van der Waals surface area contributed by atoms with Gasteiger partial charge in [-0.25, -0.2) is 9.78 Å². The summed E-state index contributed by atoms with van der Waals surface area (Å²) in [5.41, 5.74) is 0.735. The number of imidazole rings is 1. The van der Waals surface area contributed by atoms with Gasteiger partial charge < -0.3 is 15.0 Å². The Balaban J connectivity index is 2.56. The number of aryl methyl sites for hydroxylation is 1. The molecular weight excluding hydrogens is 270 g/mol. The number of carboxylic acid groups (broad SMARTS) is 1. The molecule has 112 valence electrons. The minimum Gasteiger partial charge on any atom is -0.478 e. The first kappa shape index (κ1) is 15.0. The number of nitrogens with one attached hydrogen (secondary N) is 1. The molecule has 0 spiro atoms. The molecule has 0 unspecified atom stereocenters. The molecule has 1 aromatic carbocycles. The van der Waals surface area contributed by atoms with Gasteiger partial charge in [-0.1, -0.05) is 6.07 Å². The molecule has 2 aromatic rings. The van der Waals surface area contributed by atoms with Crippen molar-refractivity contribution in [2.75, 3.05) is 7.05 Å². The number of hydrogen-bond acceptors (Lipinski definition) is 3. The second-order valence-corrected chi connectivity index (χ2v) is 5.69. The normalized spacial score (nSPS) is 11.6. The zero-order valence-electron chi connectivity index (χ0n) is 12.6. The summed E-state index contributed by atoms with van der Waals surface area (Å²) in [5.74, 6) is -0.385. The molecule has 6 nitrogen and oxygen atoms in total. The molecule has 21 heavy (non-hydrogen) atoms. The Hall–Kier alpha value is -2.37. The summed E-state index contributed by atoms with van der Waals surface area (Å²) in [5, 5.41) is 11.9. The highest BCUT2D eigenvalue weighted by Crippen LogP contribution is 2.25. The van der Waals surface area contributed by atoms with Gasteiger partial charge in [0.2, 0.25) is 5.91 Å². The van der Waals surface area contributed by atoms with Crippen LogP contribution in [0.15, 0.2) is 18.2 Å². The van der Waals surface area contributed by atoms with Crippen molar-refractivity contribution in [2.24, 2.45) is 5.41 Å². The van der Waals surface area contributed by atoms with E-state index in [1.807, 2.05) is 31.4 Å². The fraction of sp³-hybridized carbons (Fsp3) is 0.400. The second kappa shape index (κ2) is 5.20. The van der Waals surface area contributed by atoms with Crippen LogP contribution in [0.5, 0.6) is 0 Å². The van der Waals surface area contributed by atoms with Gasteiger partial charge in [-0.05, 0) is 32.9 Å². The molecule has 2 N–H and O–H groups in total. The molecule has 0 saturated heterocycles. The lowest BCUT2D eigenvalue weighted by molar-refractivity contribution is -0.129. The number of aromatic nitrogens is 2. The van der Waals surface area contributed by atoms with Gasteiger partial charge in [0.1, 0.15) is 11.3 Å². The molecule has 1 amide bonds. The maximum atomic E-state index is 11.9. The van der Waals surface area contributed by atoms with Gasteiger partial charge in [-0.2, -0.15) is 0 Å². The third kappa shape index (κ3) is 2.61. The Morgan fingerprint density at radius 3 is 2.62 bits per heavy atom. The van der Waals surface area contributed by atoms with E-state index in [1.165, 1.54) is 6.07 Å². The number of carbonyl (C=O) groups excluding carboxylic acids is 1. The Morgan fingerprint density at radius 2 is 2.05 bits per heavy atom. The zero-order chi connectivity index (χ0) is 15.8. The van der Waals surface area contributed by atoms with Crippen molar-refractivity contribution in [1.29, 1.82) is 0 Å². The summed E-state index contributed by atoms with van der Waals surface area (Å²) in [6, 6.07) is 5.04. The van der Waals surface area contributed by atoms with E-state index in [2.05, 4.69) is 10.3 Å². The molecule has 0 aliphatic heterocycles. The fourth-order valence-corrected chi connectivity index (χ4v) is 2.44. The Labute approximate surface area is 122 Å². The van der Waals surface area contributed by atoms with Gasteiger partial charge in [0.15, 0.2) is 0 Å². The Bertz CT molecular complexity index is 716. The first-order valence-electron chi connectivity index (χ1n) is 6.69. The number of fused-ring (bicyclic) bond motifs is 1. The lowest BCUT2D eigenvalue weighted by Crippen LogP contribution is -2.37. The van der Waals surface area contributed by atoms with Crippen LogP contribution < -0.4 is 5.32 Å². The molecule has 0 fully saturated rings. The molecule has 2 rings (SSSR count). The number of benzene rings is 1. The average molecular weight is 289 g/mol. The quantitative estimate of drug-likeness (QED) is 0.899. The number of nitrogens with zero attached hydrogens (tertiary/aromatic N) is 2. The summed E-state index contributed by atoms with van der Waals surface area (Å²) in [7, 11) is 1.60. The number of para-hydroxylation sites is 1. The largest absolute Gasteiger partial charge is 0.478 e. The van der Waals surface area contributed by atoms with E-state index in [1.54, 1.807) is 13.1 Å². The minimum atomic E-state index is -1.00. The van der Waals surface area contributed by atoms with E-state index in [0.29, 0.717) is 17.9 Å². The summed E-state index contributed by atoms with van der Waals surface area (Å²) in [6.45, 7) is 5.93. The topological polar surface area (TPSA) is 84.2 Å². The molecule has 0 radical (unpaired) electrons. The van der Waals surface area contributed by atoms with Crippen molar-refractivity contribution in [3.63, 3.8) is 0 Å². The van der Waals surface area contributed by atoms with Crippen molar-refractivity contribution in [3.8, 4) is 0 Å². The van der Waals surface area contributed by atoms with Crippen molar-refractivity contribution < 1.29 is 14.7 Å². The van der Waals surface area contributed by atoms with Crippen molar-refractivity contribution in [2.45, 2.75) is 27.3 Å². The second-order valence-electron chi connectivity index (χ2n) is 5.69. The van der Waals surface area contributed by atoms with Crippen molar-refractivity contribution >= 4 is 22.9 Å². The number of carbonyl (C=O) groups is 2. The fourth-order valence-electron chi connectivity index (χ4n) is 2.44. The van der Waals surface area contributed by atoms with Crippen LogP contribution in [0.2, 0.25) is 0 Å². The monoisotopic (exact) mass is 289 g/mol. The van der Waals surface area contributed by atoms with E-state index < -0.39 is 11.4 Å². The molecule has 0 bridgehead atoms. The molecule has 6 heteroatoms. The standard InChI is InChI=1S/C15H19N3O3/c1-9-17-12-10(13(19)20)6-5-7-11(12)18(9)8-15(2,3)14(21)16-4/h5-7H,8H2,1-4H3,(H,16,21)(H,19,20). The van der Waals surface area contributed by atoms with Crippen molar-refractivity contribution in [1.82, 2.24) is 14.9 Å². The van der Waals surface area contributed by atoms with Crippen LogP contribution in [-0.2, 0) is 11.3 Å². The molecule has 0 aliphatic rings. The highest BCUT2D eigenvalue weighted by atomic mass is 16.4. The first-order valence-corrected chi connectivity index (χ1v) is 6.69. The third-order valence-electron chi connectivity index (χ3n) is 3.60. The van der Waals surface area contributed by atoms with Gasteiger partial charge in [0.25, 0.3) is 0 Å². The molecule has 0 aliphatic carbocycles. The lowest BCUT2D eigenvalue weighted by atomic mass is 9.92. The Morgan fingerprint density at radius 1 is 1.38 bits per heavy atom. The van der Waals surface area contributed by atoms with E-state index in [9.17, 15) is 14.7 Å². The number of amides is 1.